The minimum Gasteiger partial charge on any atom is -0.383 e. The lowest BCUT2D eigenvalue weighted by Crippen LogP contribution is -2.43. The first-order valence-corrected chi connectivity index (χ1v) is 7.86. The third-order valence-electron chi connectivity index (χ3n) is 4.51. The van der Waals surface area contributed by atoms with Crippen LogP contribution in [-0.4, -0.2) is 43.8 Å². The van der Waals surface area contributed by atoms with Crippen molar-refractivity contribution in [3.63, 3.8) is 0 Å². The summed E-state index contributed by atoms with van der Waals surface area (Å²) >= 11 is 0. The van der Waals surface area contributed by atoms with Gasteiger partial charge in [0.05, 0.1) is 6.61 Å². The van der Waals surface area contributed by atoms with Gasteiger partial charge in [-0.05, 0) is 30.7 Å². The molecule has 1 saturated heterocycles. The summed E-state index contributed by atoms with van der Waals surface area (Å²) in [7, 11) is 1.81. The fraction of sp³-hybridized carbons (Fsp3) is 0.647. The molecule has 2 atom stereocenters. The molecule has 0 aromatic heterocycles. The lowest BCUT2D eigenvalue weighted by molar-refractivity contribution is 0.151. The SMILES string of the molecule is COCC(NC1CCN(Cc2ccccc2)C1)C1CC1. The monoisotopic (exact) mass is 274 g/mol. The lowest BCUT2D eigenvalue weighted by atomic mass is 10.1. The second-order valence-corrected chi connectivity index (χ2v) is 6.27. The minimum atomic E-state index is 0.571. The summed E-state index contributed by atoms with van der Waals surface area (Å²) in [4.78, 5) is 2.56. The second-order valence-electron chi connectivity index (χ2n) is 6.27. The Kier molecular flexibility index (Phi) is 4.71. The molecule has 2 fully saturated rings. The first kappa shape index (κ1) is 14.1. The third kappa shape index (κ3) is 3.81. The van der Waals surface area contributed by atoms with E-state index in [4.69, 9.17) is 4.74 Å². The van der Waals surface area contributed by atoms with Gasteiger partial charge in [-0.3, -0.25) is 4.90 Å². The van der Waals surface area contributed by atoms with Gasteiger partial charge < -0.3 is 10.1 Å². The van der Waals surface area contributed by atoms with E-state index in [2.05, 4.69) is 40.5 Å². The minimum absolute atomic E-state index is 0.571. The maximum absolute atomic E-state index is 5.36. The van der Waals surface area contributed by atoms with Crippen LogP contribution >= 0.6 is 0 Å². The molecule has 20 heavy (non-hydrogen) atoms. The number of rotatable bonds is 7. The van der Waals surface area contributed by atoms with Crippen molar-refractivity contribution in [1.82, 2.24) is 10.2 Å². The first-order valence-electron chi connectivity index (χ1n) is 7.86. The number of nitrogens with one attached hydrogen (secondary N) is 1. The summed E-state index contributed by atoms with van der Waals surface area (Å²) in [5.74, 6) is 0.859. The zero-order valence-corrected chi connectivity index (χ0v) is 12.4. The Balaban J connectivity index is 1.46. The van der Waals surface area contributed by atoms with Gasteiger partial charge in [0, 0.05) is 38.8 Å². The molecule has 0 radical (unpaired) electrons. The molecule has 2 aliphatic rings. The van der Waals surface area contributed by atoms with E-state index in [0.717, 1.165) is 19.1 Å². The van der Waals surface area contributed by atoms with Crippen LogP contribution in [0.5, 0.6) is 0 Å². The van der Waals surface area contributed by atoms with Gasteiger partial charge in [-0.1, -0.05) is 30.3 Å². The first-order chi connectivity index (χ1) is 9.85. The molecule has 1 aliphatic carbocycles. The van der Waals surface area contributed by atoms with Crippen LogP contribution in [0.1, 0.15) is 24.8 Å². The highest BCUT2D eigenvalue weighted by molar-refractivity contribution is 5.14. The zero-order valence-electron chi connectivity index (χ0n) is 12.4. The summed E-state index contributed by atoms with van der Waals surface area (Å²) in [6.07, 6.45) is 4.02. The molecule has 1 heterocycles. The average molecular weight is 274 g/mol. The quantitative estimate of drug-likeness (QED) is 0.825. The van der Waals surface area contributed by atoms with Gasteiger partial charge in [-0.25, -0.2) is 0 Å². The molecular formula is C17H26N2O. The number of hydrogen-bond acceptors (Lipinski definition) is 3. The Labute approximate surface area is 122 Å². The van der Waals surface area contributed by atoms with Gasteiger partial charge in [0.15, 0.2) is 0 Å². The summed E-state index contributed by atoms with van der Waals surface area (Å²) in [5.41, 5.74) is 1.42. The van der Waals surface area contributed by atoms with Crippen molar-refractivity contribution in [2.45, 2.75) is 37.9 Å². The van der Waals surface area contributed by atoms with E-state index >= 15 is 0 Å². The third-order valence-corrected chi connectivity index (χ3v) is 4.51. The molecule has 1 aliphatic heterocycles. The predicted molar refractivity (Wildman–Crippen MR) is 81.6 cm³/mol. The highest BCUT2D eigenvalue weighted by Gasteiger charge is 2.34. The van der Waals surface area contributed by atoms with Gasteiger partial charge in [0.2, 0.25) is 0 Å². The Bertz CT molecular complexity index is 405. The van der Waals surface area contributed by atoms with Crippen molar-refractivity contribution >= 4 is 0 Å². The molecule has 0 bridgehead atoms. The summed E-state index contributed by atoms with van der Waals surface area (Å²) in [6.45, 7) is 4.32. The largest absolute Gasteiger partial charge is 0.383 e. The highest BCUT2D eigenvalue weighted by Crippen LogP contribution is 2.33. The van der Waals surface area contributed by atoms with Gasteiger partial charge in [-0.2, -0.15) is 0 Å². The van der Waals surface area contributed by atoms with E-state index in [1.165, 1.54) is 37.9 Å². The number of ether oxygens (including phenoxy) is 1. The van der Waals surface area contributed by atoms with Crippen molar-refractivity contribution in [3.8, 4) is 0 Å². The molecule has 0 spiro atoms. The molecule has 1 aromatic rings. The van der Waals surface area contributed by atoms with E-state index in [1.54, 1.807) is 0 Å². The fourth-order valence-corrected chi connectivity index (χ4v) is 3.26. The molecule has 3 nitrogen and oxygen atoms in total. The van der Waals surface area contributed by atoms with Crippen LogP contribution in [0.4, 0.5) is 0 Å². The fourth-order valence-electron chi connectivity index (χ4n) is 3.26. The summed E-state index contributed by atoms with van der Waals surface area (Å²) in [5, 5.41) is 3.83. The maximum Gasteiger partial charge on any atom is 0.0618 e. The van der Waals surface area contributed by atoms with Crippen LogP contribution in [0.2, 0.25) is 0 Å². The average Bonchev–Trinajstić information content (AvgIpc) is 3.22. The van der Waals surface area contributed by atoms with Crippen LogP contribution < -0.4 is 5.32 Å². The lowest BCUT2D eigenvalue weighted by Gasteiger charge is -2.23. The molecule has 1 N–H and O–H groups in total. The van der Waals surface area contributed by atoms with E-state index in [0.29, 0.717) is 12.1 Å². The molecule has 3 heteroatoms. The Morgan fingerprint density at radius 1 is 1.25 bits per heavy atom. The molecule has 1 aromatic carbocycles. The van der Waals surface area contributed by atoms with E-state index in [9.17, 15) is 0 Å². The van der Waals surface area contributed by atoms with E-state index < -0.39 is 0 Å². The molecular weight excluding hydrogens is 248 g/mol. The smallest absolute Gasteiger partial charge is 0.0618 e. The Morgan fingerprint density at radius 2 is 2.05 bits per heavy atom. The highest BCUT2D eigenvalue weighted by atomic mass is 16.5. The number of nitrogens with zero attached hydrogens (tertiary/aromatic N) is 1. The van der Waals surface area contributed by atoms with Crippen LogP contribution in [0.15, 0.2) is 30.3 Å². The molecule has 2 unspecified atom stereocenters. The molecule has 0 amide bonds. The molecule has 1 saturated carbocycles. The standard InChI is InChI=1S/C17H26N2O/c1-20-13-17(15-7-8-15)18-16-9-10-19(12-16)11-14-5-3-2-4-6-14/h2-6,15-18H,7-13H2,1H3. The Hall–Kier alpha value is -0.900. The van der Waals surface area contributed by atoms with Crippen LogP contribution in [-0.2, 0) is 11.3 Å². The van der Waals surface area contributed by atoms with Crippen LogP contribution in [0, 0.1) is 5.92 Å². The molecule has 3 rings (SSSR count). The van der Waals surface area contributed by atoms with Crippen molar-refractivity contribution in [2.24, 2.45) is 5.92 Å². The number of hydrogen-bond donors (Lipinski definition) is 1. The van der Waals surface area contributed by atoms with Crippen LogP contribution in [0.25, 0.3) is 0 Å². The van der Waals surface area contributed by atoms with Gasteiger partial charge in [-0.15, -0.1) is 0 Å². The van der Waals surface area contributed by atoms with Gasteiger partial charge >= 0.3 is 0 Å². The van der Waals surface area contributed by atoms with Crippen molar-refractivity contribution in [1.29, 1.82) is 0 Å². The van der Waals surface area contributed by atoms with E-state index in [1.807, 2.05) is 7.11 Å². The van der Waals surface area contributed by atoms with Crippen molar-refractivity contribution in [2.75, 3.05) is 26.8 Å². The summed E-state index contributed by atoms with van der Waals surface area (Å²) in [6, 6.07) is 12.0. The maximum atomic E-state index is 5.36. The predicted octanol–water partition coefficient (Wildman–Crippen LogP) is 2.28. The van der Waals surface area contributed by atoms with Crippen molar-refractivity contribution in [3.05, 3.63) is 35.9 Å². The summed E-state index contributed by atoms with van der Waals surface area (Å²) < 4.78 is 5.36. The topological polar surface area (TPSA) is 24.5 Å². The van der Waals surface area contributed by atoms with Crippen molar-refractivity contribution < 1.29 is 4.74 Å². The zero-order chi connectivity index (χ0) is 13.8. The Morgan fingerprint density at radius 3 is 2.75 bits per heavy atom. The van der Waals surface area contributed by atoms with Gasteiger partial charge in [0.25, 0.3) is 0 Å². The number of benzene rings is 1. The number of methoxy groups -OCH3 is 1. The van der Waals surface area contributed by atoms with E-state index in [-0.39, 0.29) is 0 Å². The van der Waals surface area contributed by atoms with Gasteiger partial charge in [0.1, 0.15) is 0 Å². The second kappa shape index (κ2) is 6.70. The van der Waals surface area contributed by atoms with Crippen LogP contribution in [0.3, 0.4) is 0 Å². The number of likely N-dealkylation sites (tertiary alicyclic amines) is 1. The molecule has 110 valence electrons. The normalized spacial score (nSPS) is 24.9.